The standard InChI is InChI=1S/C21H21Cl2N3O/c22-18-10-9-16(13-19(18)23)26-21(27)17(14-25-11-5-2-6-12-25)20(24-26)15-7-3-1-4-8-15/h1,3-4,7-10,13,17H,2,5-6,11-12,14H2. The van der Waals surface area contributed by atoms with Crippen LogP contribution in [0.3, 0.4) is 0 Å². The number of hydrogen-bond donors (Lipinski definition) is 0. The Morgan fingerprint density at radius 1 is 0.963 bits per heavy atom. The van der Waals surface area contributed by atoms with E-state index in [-0.39, 0.29) is 11.8 Å². The van der Waals surface area contributed by atoms with Crippen molar-refractivity contribution in [1.82, 2.24) is 4.90 Å². The summed E-state index contributed by atoms with van der Waals surface area (Å²) in [5, 5.41) is 7.05. The van der Waals surface area contributed by atoms with E-state index < -0.39 is 0 Å². The van der Waals surface area contributed by atoms with Gasteiger partial charge in [0.25, 0.3) is 5.91 Å². The number of amides is 1. The first kappa shape index (κ1) is 18.5. The highest BCUT2D eigenvalue weighted by atomic mass is 35.5. The van der Waals surface area contributed by atoms with Crippen LogP contribution >= 0.6 is 23.2 Å². The molecule has 0 radical (unpaired) electrons. The van der Waals surface area contributed by atoms with Crippen LogP contribution in [0, 0.1) is 5.92 Å². The molecule has 0 aromatic heterocycles. The lowest BCUT2D eigenvalue weighted by atomic mass is 9.95. The Kier molecular flexibility index (Phi) is 5.48. The van der Waals surface area contributed by atoms with Crippen molar-refractivity contribution < 1.29 is 4.79 Å². The molecule has 1 unspecified atom stereocenters. The number of carbonyl (C=O) groups excluding carboxylic acids is 1. The molecule has 0 N–H and O–H groups in total. The lowest BCUT2D eigenvalue weighted by molar-refractivity contribution is -0.120. The lowest BCUT2D eigenvalue weighted by Crippen LogP contribution is -2.40. The van der Waals surface area contributed by atoms with Crippen molar-refractivity contribution in [2.45, 2.75) is 19.3 Å². The van der Waals surface area contributed by atoms with Crippen LogP contribution < -0.4 is 5.01 Å². The number of carbonyl (C=O) groups is 1. The third-order valence-electron chi connectivity index (χ3n) is 5.15. The van der Waals surface area contributed by atoms with Crippen LogP contribution in [0.2, 0.25) is 10.0 Å². The first-order valence-corrected chi connectivity index (χ1v) is 10.0. The molecule has 27 heavy (non-hydrogen) atoms. The molecule has 1 saturated heterocycles. The van der Waals surface area contributed by atoms with E-state index in [4.69, 9.17) is 28.3 Å². The number of hydrogen-bond acceptors (Lipinski definition) is 3. The highest BCUT2D eigenvalue weighted by Crippen LogP contribution is 2.32. The van der Waals surface area contributed by atoms with Gasteiger partial charge in [0.2, 0.25) is 0 Å². The summed E-state index contributed by atoms with van der Waals surface area (Å²) in [4.78, 5) is 15.6. The van der Waals surface area contributed by atoms with E-state index in [0.717, 1.165) is 24.4 Å². The lowest BCUT2D eigenvalue weighted by Gasteiger charge is -2.28. The van der Waals surface area contributed by atoms with E-state index in [1.165, 1.54) is 24.3 Å². The van der Waals surface area contributed by atoms with Crippen molar-refractivity contribution in [3.63, 3.8) is 0 Å². The molecule has 2 aromatic carbocycles. The number of anilines is 1. The molecule has 4 rings (SSSR count). The molecule has 0 aliphatic carbocycles. The Bertz CT molecular complexity index is 863. The van der Waals surface area contributed by atoms with Crippen LogP contribution in [0.4, 0.5) is 5.69 Å². The van der Waals surface area contributed by atoms with Gasteiger partial charge in [-0.2, -0.15) is 10.1 Å². The summed E-state index contributed by atoms with van der Waals surface area (Å²) < 4.78 is 0. The average Bonchev–Trinajstić information content (AvgIpc) is 3.02. The second-order valence-electron chi connectivity index (χ2n) is 7.01. The van der Waals surface area contributed by atoms with Gasteiger partial charge in [0.1, 0.15) is 0 Å². The van der Waals surface area contributed by atoms with Crippen molar-refractivity contribution in [3.05, 3.63) is 64.1 Å². The summed E-state index contributed by atoms with van der Waals surface area (Å²) in [5.74, 6) is -0.294. The Morgan fingerprint density at radius 3 is 2.41 bits per heavy atom. The molecule has 140 valence electrons. The van der Waals surface area contributed by atoms with Crippen molar-refractivity contribution >= 4 is 40.5 Å². The van der Waals surface area contributed by atoms with Crippen molar-refractivity contribution in [2.24, 2.45) is 11.0 Å². The molecule has 4 nitrogen and oxygen atoms in total. The van der Waals surface area contributed by atoms with Gasteiger partial charge < -0.3 is 4.90 Å². The highest BCUT2D eigenvalue weighted by Gasteiger charge is 2.38. The summed E-state index contributed by atoms with van der Waals surface area (Å²) in [6.45, 7) is 2.78. The number of likely N-dealkylation sites (tertiary alicyclic amines) is 1. The van der Waals surface area contributed by atoms with E-state index in [9.17, 15) is 4.79 Å². The molecular weight excluding hydrogens is 381 g/mol. The second kappa shape index (κ2) is 8.01. The average molecular weight is 402 g/mol. The second-order valence-corrected chi connectivity index (χ2v) is 7.83. The van der Waals surface area contributed by atoms with E-state index in [1.807, 2.05) is 30.3 Å². The van der Waals surface area contributed by atoms with Gasteiger partial charge in [0.15, 0.2) is 0 Å². The summed E-state index contributed by atoms with van der Waals surface area (Å²) in [5.41, 5.74) is 2.44. The number of rotatable bonds is 4. The number of nitrogens with zero attached hydrogens (tertiary/aromatic N) is 3. The smallest absolute Gasteiger partial charge is 0.257 e. The maximum atomic E-state index is 13.3. The Balaban J connectivity index is 1.68. The van der Waals surface area contributed by atoms with Crippen LogP contribution in [-0.2, 0) is 4.79 Å². The third-order valence-corrected chi connectivity index (χ3v) is 5.89. The minimum atomic E-state index is -0.278. The first-order valence-electron chi connectivity index (χ1n) is 9.29. The number of benzene rings is 2. The molecule has 2 aliphatic rings. The quantitative estimate of drug-likeness (QED) is 0.733. The summed E-state index contributed by atoms with van der Waals surface area (Å²) in [7, 11) is 0. The summed E-state index contributed by atoms with van der Waals surface area (Å²) in [6, 6.07) is 15.1. The SMILES string of the molecule is O=C1C(CN2CCCCC2)C(c2ccccc2)=NN1c1ccc(Cl)c(Cl)c1. The monoisotopic (exact) mass is 401 g/mol. The molecule has 1 fully saturated rings. The van der Waals surface area contributed by atoms with E-state index in [0.29, 0.717) is 22.3 Å². The van der Waals surface area contributed by atoms with Crippen LogP contribution in [0.25, 0.3) is 0 Å². The molecule has 2 heterocycles. The first-order chi connectivity index (χ1) is 13.1. The maximum absolute atomic E-state index is 13.3. The molecule has 0 saturated carbocycles. The molecule has 6 heteroatoms. The van der Waals surface area contributed by atoms with Gasteiger partial charge in [0.05, 0.1) is 27.4 Å². The van der Waals surface area contributed by atoms with Gasteiger partial charge in [-0.3, -0.25) is 4.79 Å². The Hall–Kier alpha value is -1.88. The van der Waals surface area contributed by atoms with Gasteiger partial charge in [-0.25, -0.2) is 0 Å². The fourth-order valence-corrected chi connectivity index (χ4v) is 4.02. The largest absolute Gasteiger partial charge is 0.302 e. The van der Waals surface area contributed by atoms with Crippen molar-refractivity contribution in [1.29, 1.82) is 0 Å². The predicted octanol–water partition coefficient (Wildman–Crippen LogP) is 4.85. The normalized spacial score (nSPS) is 20.8. The number of halogens is 2. The van der Waals surface area contributed by atoms with Crippen molar-refractivity contribution in [2.75, 3.05) is 24.6 Å². The Labute approximate surface area is 169 Å². The van der Waals surface area contributed by atoms with E-state index in [1.54, 1.807) is 18.2 Å². The molecule has 1 atom stereocenters. The van der Waals surface area contributed by atoms with Gasteiger partial charge in [0, 0.05) is 6.54 Å². The minimum Gasteiger partial charge on any atom is -0.302 e. The topological polar surface area (TPSA) is 35.9 Å². The summed E-state index contributed by atoms with van der Waals surface area (Å²) in [6.07, 6.45) is 3.65. The van der Waals surface area contributed by atoms with Crippen molar-refractivity contribution in [3.8, 4) is 0 Å². The molecule has 1 amide bonds. The van der Waals surface area contributed by atoms with E-state index >= 15 is 0 Å². The Morgan fingerprint density at radius 2 is 1.70 bits per heavy atom. The fraction of sp³-hybridized carbons (Fsp3) is 0.333. The minimum absolute atomic E-state index is 0.0159. The molecule has 2 aromatic rings. The van der Waals surface area contributed by atoms with Gasteiger partial charge in [-0.15, -0.1) is 0 Å². The molecule has 2 aliphatic heterocycles. The molecular formula is C21H21Cl2N3O. The third kappa shape index (κ3) is 3.88. The number of hydrazone groups is 1. The summed E-state index contributed by atoms with van der Waals surface area (Å²) >= 11 is 12.2. The van der Waals surface area contributed by atoms with Crippen LogP contribution in [0.5, 0.6) is 0 Å². The zero-order chi connectivity index (χ0) is 18.8. The van der Waals surface area contributed by atoms with Gasteiger partial charge in [-0.1, -0.05) is 60.0 Å². The zero-order valence-electron chi connectivity index (χ0n) is 14.9. The molecule has 0 spiro atoms. The molecule has 0 bridgehead atoms. The van der Waals surface area contributed by atoms with Gasteiger partial charge >= 0.3 is 0 Å². The van der Waals surface area contributed by atoms with Crippen LogP contribution in [-0.4, -0.2) is 36.2 Å². The maximum Gasteiger partial charge on any atom is 0.257 e. The highest BCUT2D eigenvalue weighted by molar-refractivity contribution is 6.42. The van der Waals surface area contributed by atoms with Crippen LogP contribution in [0.15, 0.2) is 53.6 Å². The van der Waals surface area contributed by atoms with Crippen LogP contribution in [0.1, 0.15) is 24.8 Å². The van der Waals surface area contributed by atoms with E-state index in [2.05, 4.69) is 4.90 Å². The fourth-order valence-electron chi connectivity index (χ4n) is 3.73. The number of piperidine rings is 1. The predicted molar refractivity (Wildman–Crippen MR) is 111 cm³/mol. The van der Waals surface area contributed by atoms with Gasteiger partial charge in [-0.05, 0) is 49.7 Å². The zero-order valence-corrected chi connectivity index (χ0v) is 16.5.